The van der Waals surface area contributed by atoms with Gasteiger partial charge in [-0.1, -0.05) is 20.3 Å². The Labute approximate surface area is 84.5 Å². The molecule has 1 unspecified atom stereocenters. The lowest BCUT2D eigenvalue weighted by Crippen LogP contribution is -2.23. The Bertz CT molecular complexity index is 103. The zero-order chi connectivity index (χ0) is 10.1. The van der Waals surface area contributed by atoms with E-state index in [2.05, 4.69) is 13.8 Å². The third kappa shape index (κ3) is 7.23. The first-order valence-corrected chi connectivity index (χ1v) is 7.23. The van der Waals surface area contributed by atoms with Crippen LogP contribution in [-0.2, 0) is 8.85 Å². The SMILES string of the molecule is CCO[SiH](CCC(C)CC)OCC. The summed E-state index contributed by atoms with van der Waals surface area (Å²) in [4.78, 5) is 0. The Morgan fingerprint density at radius 2 is 1.62 bits per heavy atom. The molecular formula is C10H24O2Si. The molecule has 1 atom stereocenters. The van der Waals surface area contributed by atoms with Crippen LogP contribution in [-0.4, -0.2) is 22.5 Å². The van der Waals surface area contributed by atoms with Crippen LogP contribution in [0, 0.1) is 5.92 Å². The summed E-state index contributed by atoms with van der Waals surface area (Å²) in [6, 6.07) is 1.16. The highest BCUT2D eigenvalue weighted by Crippen LogP contribution is 2.12. The fourth-order valence-corrected chi connectivity index (χ4v) is 3.23. The molecule has 0 N–H and O–H groups in total. The number of hydrogen-bond acceptors (Lipinski definition) is 2. The second-order valence-electron chi connectivity index (χ2n) is 3.43. The molecule has 0 aliphatic carbocycles. The maximum absolute atomic E-state index is 5.59. The van der Waals surface area contributed by atoms with E-state index in [0.717, 1.165) is 25.2 Å². The Morgan fingerprint density at radius 3 is 2.00 bits per heavy atom. The van der Waals surface area contributed by atoms with Gasteiger partial charge < -0.3 is 8.85 Å². The van der Waals surface area contributed by atoms with Gasteiger partial charge in [0.15, 0.2) is 0 Å². The number of hydrogen-bond donors (Lipinski definition) is 0. The highest BCUT2D eigenvalue weighted by atomic mass is 28.3. The lowest BCUT2D eigenvalue weighted by atomic mass is 10.1. The van der Waals surface area contributed by atoms with Crippen molar-refractivity contribution < 1.29 is 8.85 Å². The summed E-state index contributed by atoms with van der Waals surface area (Å²) >= 11 is 0. The van der Waals surface area contributed by atoms with Gasteiger partial charge in [0.1, 0.15) is 0 Å². The van der Waals surface area contributed by atoms with E-state index in [4.69, 9.17) is 8.85 Å². The van der Waals surface area contributed by atoms with Crippen LogP contribution in [0.3, 0.4) is 0 Å². The quantitative estimate of drug-likeness (QED) is 0.566. The van der Waals surface area contributed by atoms with Crippen LogP contribution in [0.5, 0.6) is 0 Å². The van der Waals surface area contributed by atoms with Crippen molar-refractivity contribution in [2.45, 2.75) is 46.6 Å². The molecular weight excluding hydrogens is 180 g/mol. The van der Waals surface area contributed by atoms with Gasteiger partial charge in [-0.2, -0.15) is 0 Å². The topological polar surface area (TPSA) is 18.5 Å². The van der Waals surface area contributed by atoms with Crippen LogP contribution in [0.4, 0.5) is 0 Å². The molecule has 0 saturated heterocycles. The Hall–Kier alpha value is 0.137. The van der Waals surface area contributed by atoms with Gasteiger partial charge in [-0.25, -0.2) is 0 Å². The molecule has 0 aliphatic rings. The van der Waals surface area contributed by atoms with Gasteiger partial charge in [0.2, 0.25) is 0 Å². The van der Waals surface area contributed by atoms with Crippen molar-refractivity contribution in [3.63, 3.8) is 0 Å². The van der Waals surface area contributed by atoms with Crippen LogP contribution in [0.2, 0.25) is 6.04 Å². The Morgan fingerprint density at radius 1 is 1.08 bits per heavy atom. The molecule has 13 heavy (non-hydrogen) atoms. The zero-order valence-corrected chi connectivity index (χ0v) is 10.7. The average Bonchev–Trinajstić information content (AvgIpc) is 2.14. The maximum Gasteiger partial charge on any atom is 0.321 e. The van der Waals surface area contributed by atoms with Gasteiger partial charge in [-0.3, -0.25) is 0 Å². The first kappa shape index (κ1) is 13.1. The minimum atomic E-state index is -1.30. The molecule has 0 heterocycles. The van der Waals surface area contributed by atoms with Crippen molar-refractivity contribution in [1.29, 1.82) is 0 Å². The van der Waals surface area contributed by atoms with E-state index in [1.165, 1.54) is 12.8 Å². The van der Waals surface area contributed by atoms with Crippen LogP contribution in [0.1, 0.15) is 40.5 Å². The van der Waals surface area contributed by atoms with E-state index in [-0.39, 0.29) is 0 Å². The normalized spacial score (nSPS) is 13.6. The van der Waals surface area contributed by atoms with Crippen molar-refractivity contribution in [3.8, 4) is 0 Å². The van der Waals surface area contributed by atoms with E-state index in [1.807, 2.05) is 13.8 Å². The number of rotatable bonds is 8. The monoisotopic (exact) mass is 204 g/mol. The first-order valence-electron chi connectivity index (χ1n) is 5.47. The molecule has 0 aliphatic heterocycles. The maximum atomic E-state index is 5.59. The second kappa shape index (κ2) is 8.72. The molecule has 0 spiro atoms. The smallest absolute Gasteiger partial charge is 0.321 e. The molecule has 0 radical (unpaired) electrons. The molecule has 0 aromatic carbocycles. The van der Waals surface area contributed by atoms with E-state index in [9.17, 15) is 0 Å². The molecule has 3 heteroatoms. The molecule has 0 amide bonds. The predicted molar refractivity (Wildman–Crippen MR) is 59.3 cm³/mol. The Kier molecular flexibility index (Phi) is 8.81. The third-order valence-corrected chi connectivity index (χ3v) is 4.51. The zero-order valence-electron chi connectivity index (χ0n) is 9.51. The largest absolute Gasteiger partial charge is 0.397 e. The molecule has 2 nitrogen and oxygen atoms in total. The summed E-state index contributed by atoms with van der Waals surface area (Å²) in [5, 5.41) is 0. The van der Waals surface area contributed by atoms with Crippen molar-refractivity contribution >= 4 is 9.28 Å². The fourth-order valence-electron chi connectivity index (χ4n) is 1.21. The predicted octanol–water partition coefficient (Wildman–Crippen LogP) is 2.72. The fraction of sp³-hybridized carbons (Fsp3) is 1.00. The van der Waals surface area contributed by atoms with E-state index >= 15 is 0 Å². The first-order chi connectivity index (χ1) is 6.24. The van der Waals surface area contributed by atoms with E-state index in [1.54, 1.807) is 0 Å². The summed E-state index contributed by atoms with van der Waals surface area (Å²) in [5.74, 6) is 0.816. The Balaban J connectivity index is 3.55. The van der Waals surface area contributed by atoms with E-state index < -0.39 is 9.28 Å². The molecule has 0 saturated carbocycles. The lowest BCUT2D eigenvalue weighted by molar-refractivity contribution is 0.211. The van der Waals surface area contributed by atoms with Gasteiger partial charge in [0, 0.05) is 13.2 Å². The van der Waals surface area contributed by atoms with Crippen molar-refractivity contribution in [2.24, 2.45) is 5.92 Å². The summed E-state index contributed by atoms with van der Waals surface area (Å²) in [6.45, 7) is 10.2. The molecule has 0 rings (SSSR count). The van der Waals surface area contributed by atoms with Gasteiger partial charge in [-0.05, 0) is 32.2 Å². The molecule has 0 bridgehead atoms. The van der Waals surface area contributed by atoms with Gasteiger partial charge in [-0.15, -0.1) is 0 Å². The second-order valence-corrected chi connectivity index (χ2v) is 5.53. The third-order valence-electron chi connectivity index (χ3n) is 2.30. The molecule has 0 fully saturated rings. The highest BCUT2D eigenvalue weighted by molar-refractivity contribution is 6.44. The van der Waals surface area contributed by atoms with Crippen molar-refractivity contribution in [3.05, 3.63) is 0 Å². The van der Waals surface area contributed by atoms with Crippen LogP contribution < -0.4 is 0 Å². The molecule has 80 valence electrons. The van der Waals surface area contributed by atoms with Crippen LogP contribution in [0.25, 0.3) is 0 Å². The van der Waals surface area contributed by atoms with Gasteiger partial charge in [0.05, 0.1) is 0 Å². The van der Waals surface area contributed by atoms with E-state index in [0.29, 0.717) is 0 Å². The summed E-state index contributed by atoms with van der Waals surface area (Å²) in [6.07, 6.45) is 2.52. The minimum absolute atomic E-state index is 0.803. The average molecular weight is 204 g/mol. The lowest BCUT2D eigenvalue weighted by Gasteiger charge is -2.16. The summed E-state index contributed by atoms with van der Waals surface area (Å²) in [7, 11) is -1.30. The standard InChI is InChI=1S/C10H24O2Si/c1-5-10(4)8-9-13(11-6-2)12-7-3/h10,13H,5-9H2,1-4H3. The van der Waals surface area contributed by atoms with Gasteiger partial charge >= 0.3 is 9.28 Å². The van der Waals surface area contributed by atoms with Crippen LogP contribution in [0.15, 0.2) is 0 Å². The summed E-state index contributed by atoms with van der Waals surface area (Å²) < 4.78 is 11.2. The van der Waals surface area contributed by atoms with Crippen molar-refractivity contribution in [1.82, 2.24) is 0 Å². The molecule has 0 aromatic heterocycles. The minimum Gasteiger partial charge on any atom is -0.397 e. The summed E-state index contributed by atoms with van der Waals surface area (Å²) in [5.41, 5.74) is 0. The van der Waals surface area contributed by atoms with Crippen molar-refractivity contribution in [2.75, 3.05) is 13.2 Å². The molecule has 0 aromatic rings. The van der Waals surface area contributed by atoms with Gasteiger partial charge in [0.25, 0.3) is 0 Å². The highest BCUT2D eigenvalue weighted by Gasteiger charge is 2.12. The van der Waals surface area contributed by atoms with Crippen LogP contribution >= 0.6 is 0 Å².